The first-order valence-electron chi connectivity index (χ1n) is 8.09. The number of rotatable bonds is 13. The summed E-state index contributed by atoms with van der Waals surface area (Å²) in [6.07, 6.45) is 18.6. The Morgan fingerprint density at radius 2 is 1.64 bits per heavy atom. The van der Waals surface area contributed by atoms with Crippen molar-refractivity contribution in [3.8, 4) is 0 Å². The van der Waals surface area contributed by atoms with Crippen molar-refractivity contribution < 1.29 is 44.6 Å². The van der Waals surface area contributed by atoms with Crippen LogP contribution in [0.1, 0.15) is 71.1 Å². The van der Waals surface area contributed by atoms with Crippen molar-refractivity contribution in [2.75, 3.05) is 0 Å². The molecule has 0 fully saturated rings. The Morgan fingerprint density at radius 3 is 2.32 bits per heavy atom. The van der Waals surface area contributed by atoms with Gasteiger partial charge in [0.2, 0.25) is 0 Å². The van der Waals surface area contributed by atoms with Crippen LogP contribution in [-0.2, 0) is 4.79 Å². The SMILES string of the molecule is CCCC/C=C/C([O-])=C/C=C/CCCCCCCC(=O)O.[Na+]. The molecule has 3 nitrogen and oxygen atoms in total. The standard InChI is InChI=1S/C18H30O3.Na/c1-2-3-4-11-14-17(19)15-12-9-7-5-6-8-10-13-16-18(20)21;/h9,11-12,14-15,19H,2-8,10,13,16H2,1H3,(H,20,21);/q;+1/p-1/b12-9+,14-11+,17-15-;. The van der Waals surface area contributed by atoms with E-state index in [4.69, 9.17) is 5.11 Å². The predicted octanol–water partition coefficient (Wildman–Crippen LogP) is 1.35. The Morgan fingerprint density at radius 1 is 1.00 bits per heavy atom. The number of unbranched alkanes of at least 4 members (excludes halogenated alkanes) is 7. The summed E-state index contributed by atoms with van der Waals surface area (Å²) in [5.41, 5.74) is 0. The average Bonchev–Trinajstić information content (AvgIpc) is 2.45. The fourth-order valence-corrected chi connectivity index (χ4v) is 1.90. The largest absolute Gasteiger partial charge is 1.00 e. The molecule has 0 atom stereocenters. The molecule has 0 heterocycles. The summed E-state index contributed by atoms with van der Waals surface area (Å²) in [5, 5.41) is 19.9. The van der Waals surface area contributed by atoms with Crippen LogP contribution in [0, 0.1) is 0 Å². The minimum atomic E-state index is -0.707. The van der Waals surface area contributed by atoms with Crippen LogP contribution in [0.4, 0.5) is 0 Å². The van der Waals surface area contributed by atoms with Crippen LogP contribution in [-0.4, -0.2) is 11.1 Å². The maximum absolute atomic E-state index is 11.4. The molecule has 0 aromatic rings. The molecule has 0 aliphatic heterocycles. The van der Waals surface area contributed by atoms with Crippen LogP contribution in [0.3, 0.4) is 0 Å². The molecule has 0 aliphatic rings. The number of aliphatic carboxylic acids is 1. The van der Waals surface area contributed by atoms with E-state index in [0.717, 1.165) is 57.8 Å². The molecule has 120 valence electrons. The third-order valence-corrected chi connectivity index (χ3v) is 3.16. The number of carboxylic acids is 1. The molecule has 0 aliphatic carbocycles. The molecule has 1 N–H and O–H groups in total. The number of carbonyl (C=O) groups is 1. The molecular formula is C18H29NaO3. The Bertz CT molecular complexity index is 346. The van der Waals surface area contributed by atoms with Gasteiger partial charge in [-0.3, -0.25) is 4.79 Å². The fraction of sp³-hybridized carbons (Fsp3) is 0.611. The molecule has 4 heteroatoms. The normalized spacial score (nSPS) is 12.0. The van der Waals surface area contributed by atoms with Gasteiger partial charge in [0.1, 0.15) is 0 Å². The van der Waals surface area contributed by atoms with Gasteiger partial charge in [0.05, 0.1) is 0 Å². The van der Waals surface area contributed by atoms with Gasteiger partial charge in [-0.25, -0.2) is 0 Å². The number of hydrogen-bond acceptors (Lipinski definition) is 2. The van der Waals surface area contributed by atoms with Crippen molar-refractivity contribution in [2.24, 2.45) is 0 Å². The molecule has 0 spiro atoms. The fourth-order valence-electron chi connectivity index (χ4n) is 1.90. The zero-order valence-electron chi connectivity index (χ0n) is 14.2. The van der Waals surface area contributed by atoms with Crippen LogP contribution in [0.25, 0.3) is 0 Å². The molecule has 0 rings (SSSR count). The van der Waals surface area contributed by atoms with E-state index in [1.54, 1.807) is 12.2 Å². The van der Waals surface area contributed by atoms with E-state index >= 15 is 0 Å². The summed E-state index contributed by atoms with van der Waals surface area (Å²) in [6.45, 7) is 2.14. The number of hydrogen-bond donors (Lipinski definition) is 1. The van der Waals surface area contributed by atoms with Crippen LogP contribution < -0.4 is 34.7 Å². The van der Waals surface area contributed by atoms with Gasteiger partial charge in [-0.15, -0.1) is 5.76 Å². The average molecular weight is 316 g/mol. The first-order chi connectivity index (χ1) is 10.2. The maximum atomic E-state index is 11.4. The third-order valence-electron chi connectivity index (χ3n) is 3.16. The Kier molecular flexibility index (Phi) is 20.0. The van der Waals surface area contributed by atoms with E-state index in [9.17, 15) is 9.90 Å². The minimum Gasteiger partial charge on any atom is -0.872 e. The molecule has 0 amide bonds. The summed E-state index contributed by atoms with van der Waals surface area (Å²) >= 11 is 0. The Labute approximate surface area is 157 Å². The second kappa shape index (κ2) is 18.5. The third kappa shape index (κ3) is 19.5. The first kappa shape index (κ1) is 23.8. The molecular weight excluding hydrogens is 287 g/mol. The maximum Gasteiger partial charge on any atom is 1.00 e. The van der Waals surface area contributed by atoms with Crippen molar-refractivity contribution in [1.29, 1.82) is 0 Å². The van der Waals surface area contributed by atoms with Crippen molar-refractivity contribution in [3.05, 3.63) is 36.1 Å². The molecule has 0 aromatic carbocycles. The van der Waals surface area contributed by atoms with Gasteiger partial charge in [0.15, 0.2) is 0 Å². The molecule has 0 saturated heterocycles. The molecule has 0 bridgehead atoms. The molecule has 0 radical (unpaired) electrons. The molecule has 0 aromatic heterocycles. The van der Waals surface area contributed by atoms with Crippen molar-refractivity contribution in [2.45, 2.75) is 71.1 Å². The van der Waals surface area contributed by atoms with Gasteiger partial charge in [0, 0.05) is 6.42 Å². The molecule has 0 unspecified atom stereocenters. The summed E-state index contributed by atoms with van der Waals surface area (Å²) in [6, 6.07) is 0. The zero-order chi connectivity index (χ0) is 15.8. The minimum absolute atomic E-state index is 0. The smallest absolute Gasteiger partial charge is 0.872 e. The molecule has 0 saturated carbocycles. The van der Waals surface area contributed by atoms with Crippen LogP contribution in [0.15, 0.2) is 36.1 Å². The van der Waals surface area contributed by atoms with Crippen LogP contribution >= 0.6 is 0 Å². The quantitative estimate of drug-likeness (QED) is 0.241. The summed E-state index contributed by atoms with van der Waals surface area (Å²) in [4.78, 5) is 10.3. The van der Waals surface area contributed by atoms with Crippen molar-refractivity contribution in [3.63, 3.8) is 0 Å². The topological polar surface area (TPSA) is 60.4 Å². The number of allylic oxidation sites excluding steroid dienone is 5. The summed E-state index contributed by atoms with van der Waals surface area (Å²) < 4.78 is 0. The van der Waals surface area contributed by atoms with E-state index < -0.39 is 5.97 Å². The van der Waals surface area contributed by atoms with Gasteiger partial charge in [0.25, 0.3) is 0 Å². The first-order valence-corrected chi connectivity index (χ1v) is 8.09. The van der Waals surface area contributed by atoms with E-state index in [-0.39, 0.29) is 41.7 Å². The second-order valence-electron chi connectivity index (χ2n) is 5.24. The Balaban J connectivity index is 0. The zero-order valence-corrected chi connectivity index (χ0v) is 16.2. The van der Waals surface area contributed by atoms with E-state index in [1.807, 2.05) is 18.2 Å². The predicted molar refractivity (Wildman–Crippen MR) is 85.8 cm³/mol. The Hall–Kier alpha value is -0.510. The van der Waals surface area contributed by atoms with E-state index in [2.05, 4.69) is 6.92 Å². The van der Waals surface area contributed by atoms with Gasteiger partial charge >= 0.3 is 35.5 Å². The summed E-state index contributed by atoms with van der Waals surface area (Å²) in [5.74, 6) is -0.655. The van der Waals surface area contributed by atoms with Crippen molar-refractivity contribution in [1.82, 2.24) is 0 Å². The monoisotopic (exact) mass is 316 g/mol. The van der Waals surface area contributed by atoms with E-state index in [1.165, 1.54) is 0 Å². The molecule has 22 heavy (non-hydrogen) atoms. The van der Waals surface area contributed by atoms with Gasteiger partial charge < -0.3 is 10.2 Å². The van der Waals surface area contributed by atoms with Gasteiger partial charge in [-0.2, -0.15) is 0 Å². The van der Waals surface area contributed by atoms with Gasteiger partial charge in [-0.05, 0) is 25.7 Å². The number of carboxylic acid groups (broad SMARTS) is 1. The van der Waals surface area contributed by atoms with Crippen molar-refractivity contribution >= 4 is 5.97 Å². The second-order valence-corrected chi connectivity index (χ2v) is 5.24. The van der Waals surface area contributed by atoms with E-state index in [0.29, 0.717) is 0 Å². The summed E-state index contributed by atoms with van der Waals surface area (Å²) in [7, 11) is 0. The van der Waals surface area contributed by atoms with Gasteiger partial charge in [-0.1, -0.05) is 69.4 Å². The van der Waals surface area contributed by atoms with Crippen LogP contribution in [0.2, 0.25) is 0 Å². The van der Waals surface area contributed by atoms with Crippen LogP contribution in [0.5, 0.6) is 0 Å².